The molecule has 0 atom stereocenters. The fourth-order valence-electron chi connectivity index (χ4n) is 1.24. The summed E-state index contributed by atoms with van der Waals surface area (Å²) in [5, 5.41) is 8.75. The van der Waals surface area contributed by atoms with Crippen LogP contribution in [0.25, 0.3) is 0 Å². The molecule has 0 fully saturated rings. The summed E-state index contributed by atoms with van der Waals surface area (Å²) in [6.07, 6.45) is 0.727. The highest BCUT2D eigenvalue weighted by Gasteiger charge is 2.17. The van der Waals surface area contributed by atoms with E-state index in [1.54, 1.807) is 18.2 Å². The van der Waals surface area contributed by atoms with Gasteiger partial charge in [-0.2, -0.15) is 18.4 Å². The van der Waals surface area contributed by atoms with E-state index in [1.807, 2.05) is 13.0 Å². The van der Waals surface area contributed by atoms with E-state index in [4.69, 9.17) is 5.26 Å². The Morgan fingerprint density at radius 1 is 1.47 bits per heavy atom. The molecule has 0 saturated carbocycles. The molecule has 0 aliphatic heterocycles. The average Bonchev–Trinajstić information content (AvgIpc) is 2.35. The van der Waals surface area contributed by atoms with E-state index >= 15 is 0 Å². The summed E-state index contributed by atoms with van der Waals surface area (Å²) in [7, 11) is -2.07. The molecule has 0 heterocycles. The predicted octanol–water partition coefficient (Wildman–Crippen LogP) is 1.24. The minimum Gasteiger partial charge on any atom is -0.261 e. The molecule has 0 aromatic heterocycles. The van der Waals surface area contributed by atoms with Crippen molar-refractivity contribution in [2.24, 2.45) is 0 Å². The number of hydrogen-bond acceptors (Lipinski definition) is 3. The van der Waals surface area contributed by atoms with Gasteiger partial charge in [0.15, 0.2) is 0 Å². The molecule has 6 heteroatoms. The highest BCUT2D eigenvalue weighted by molar-refractivity contribution is 7.90. The number of rotatable bonds is 5. The number of nitrogens with one attached hydrogen (secondary N) is 1. The first-order valence-corrected chi connectivity index (χ1v) is 6.69. The Kier molecular flexibility index (Phi) is 4.49. The molecule has 0 aliphatic rings. The van der Waals surface area contributed by atoms with E-state index in [9.17, 15) is 8.42 Å². The normalized spacial score (nSPS) is 10.9. The van der Waals surface area contributed by atoms with E-state index in [0.29, 0.717) is 17.8 Å². The van der Waals surface area contributed by atoms with Gasteiger partial charge >= 0.3 is 10.2 Å². The molecular weight excluding hydrogens is 238 g/mol. The van der Waals surface area contributed by atoms with Crippen LogP contribution in [0.4, 0.5) is 5.69 Å². The predicted molar refractivity (Wildman–Crippen MR) is 66.8 cm³/mol. The lowest BCUT2D eigenvalue weighted by molar-refractivity contribution is 0.579. The molecule has 0 bridgehead atoms. The third-order valence-electron chi connectivity index (χ3n) is 2.23. The van der Waals surface area contributed by atoms with Crippen molar-refractivity contribution in [1.29, 1.82) is 5.26 Å². The van der Waals surface area contributed by atoms with Gasteiger partial charge in [-0.25, -0.2) is 0 Å². The molecule has 1 aromatic carbocycles. The summed E-state index contributed by atoms with van der Waals surface area (Å²) in [5.74, 6) is 0. The monoisotopic (exact) mass is 253 g/mol. The van der Waals surface area contributed by atoms with Crippen LogP contribution < -0.4 is 9.03 Å². The summed E-state index contributed by atoms with van der Waals surface area (Å²) in [4.78, 5) is 0. The lowest BCUT2D eigenvalue weighted by Crippen LogP contribution is -2.38. The van der Waals surface area contributed by atoms with Crippen molar-refractivity contribution in [3.8, 4) is 6.07 Å². The molecule has 0 amide bonds. The van der Waals surface area contributed by atoms with E-state index in [0.717, 1.165) is 10.7 Å². The third-order valence-corrected chi connectivity index (χ3v) is 3.73. The van der Waals surface area contributed by atoms with Crippen molar-refractivity contribution in [1.82, 2.24) is 4.72 Å². The van der Waals surface area contributed by atoms with Crippen LogP contribution in [0.15, 0.2) is 24.3 Å². The molecule has 0 aliphatic carbocycles. The van der Waals surface area contributed by atoms with Crippen molar-refractivity contribution < 1.29 is 8.42 Å². The second-order valence-corrected chi connectivity index (χ2v) is 5.32. The quantitative estimate of drug-likeness (QED) is 0.858. The lowest BCUT2D eigenvalue weighted by Gasteiger charge is -2.19. The second kappa shape index (κ2) is 5.66. The van der Waals surface area contributed by atoms with E-state index in [2.05, 4.69) is 4.72 Å². The maximum absolute atomic E-state index is 11.8. The van der Waals surface area contributed by atoms with E-state index < -0.39 is 10.2 Å². The van der Waals surface area contributed by atoms with Gasteiger partial charge in [-0.05, 0) is 24.6 Å². The molecule has 5 nitrogen and oxygen atoms in total. The molecule has 17 heavy (non-hydrogen) atoms. The van der Waals surface area contributed by atoms with Crippen molar-refractivity contribution >= 4 is 15.9 Å². The van der Waals surface area contributed by atoms with Gasteiger partial charge in [0.1, 0.15) is 0 Å². The second-order valence-electron chi connectivity index (χ2n) is 3.53. The maximum Gasteiger partial charge on any atom is 0.301 e. The first-order valence-electron chi connectivity index (χ1n) is 5.25. The number of nitriles is 1. The van der Waals surface area contributed by atoms with Gasteiger partial charge in [-0.1, -0.05) is 13.0 Å². The molecule has 1 rings (SSSR count). The average molecular weight is 253 g/mol. The Hall–Kier alpha value is -1.58. The maximum atomic E-state index is 11.8. The van der Waals surface area contributed by atoms with Crippen molar-refractivity contribution in [3.05, 3.63) is 29.8 Å². The van der Waals surface area contributed by atoms with Gasteiger partial charge in [0.25, 0.3) is 0 Å². The molecule has 1 N–H and O–H groups in total. The van der Waals surface area contributed by atoms with Crippen molar-refractivity contribution in [2.45, 2.75) is 13.3 Å². The Morgan fingerprint density at radius 3 is 2.76 bits per heavy atom. The fourth-order valence-corrected chi connectivity index (χ4v) is 2.28. The third kappa shape index (κ3) is 3.44. The van der Waals surface area contributed by atoms with Gasteiger partial charge < -0.3 is 0 Å². The summed E-state index contributed by atoms with van der Waals surface area (Å²) >= 11 is 0. The number of benzene rings is 1. The molecular formula is C11H15N3O2S. The zero-order chi connectivity index (χ0) is 12.9. The van der Waals surface area contributed by atoms with E-state index in [1.165, 1.54) is 13.1 Å². The molecule has 1 aromatic rings. The summed E-state index contributed by atoms with van der Waals surface area (Å²) in [6, 6.07) is 8.43. The SMILES string of the molecule is CCCNS(=O)(=O)N(C)c1cccc(C#N)c1. The zero-order valence-electron chi connectivity index (χ0n) is 9.84. The van der Waals surface area contributed by atoms with Crippen LogP contribution in [-0.4, -0.2) is 22.0 Å². The summed E-state index contributed by atoms with van der Waals surface area (Å²) < 4.78 is 27.2. The molecule has 0 unspecified atom stereocenters. The Labute approximate surface area is 102 Å². The number of hydrogen-bond donors (Lipinski definition) is 1. The van der Waals surface area contributed by atoms with Gasteiger partial charge in [-0.15, -0.1) is 0 Å². The van der Waals surface area contributed by atoms with Crippen LogP contribution in [0.3, 0.4) is 0 Å². The van der Waals surface area contributed by atoms with Gasteiger partial charge in [0.2, 0.25) is 0 Å². The lowest BCUT2D eigenvalue weighted by atomic mass is 10.2. The summed E-state index contributed by atoms with van der Waals surface area (Å²) in [5.41, 5.74) is 0.896. The highest BCUT2D eigenvalue weighted by Crippen LogP contribution is 2.16. The van der Waals surface area contributed by atoms with Crippen molar-refractivity contribution in [3.63, 3.8) is 0 Å². The van der Waals surface area contributed by atoms with Crippen molar-refractivity contribution in [2.75, 3.05) is 17.9 Å². The first kappa shape index (κ1) is 13.5. The highest BCUT2D eigenvalue weighted by atomic mass is 32.2. The summed E-state index contributed by atoms with van der Waals surface area (Å²) in [6.45, 7) is 2.28. The minimum atomic E-state index is -3.53. The Balaban J connectivity index is 2.96. The Bertz CT molecular complexity index is 520. The van der Waals surface area contributed by atoms with Crippen LogP contribution in [0.1, 0.15) is 18.9 Å². The van der Waals surface area contributed by atoms with Crippen LogP contribution in [0.2, 0.25) is 0 Å². The molecule has 92 valence electrons. The standard InChI is InChI=1S/C11H15N3O2S/c1-3-7-13-17(15,16)14(2)11-6-4-5-10(8-11)9-12/h4-6,8,13H,3,7H2,1-2H3. The molecule has 0 saturated heterocycles. The Morgan fingerprint density at radius 2 is 2.18 bits per heavy atom. The van der Waals surface area contributed by atoms with Crippen LogP contribution in [0, 0.1) is 11.3 Å². The number of anilines is 1. The molecule has 0 radical (unpaired) electrons. The van der Waals surface area contributed by atoms with Crippen LogP contribution in [-0.2, 0) is 10.2 Å². The van der Waals surface area contributed by atoms with Gasteiger partial charge in [-0.3, -0.25) is 4.31 Å². The fraction of sp³-hybridized carbons (Fsp3) is 0.364. The molecule has 0 spiro atoms. The largest absolute Gasteiger partial charge is 0.301 e. The van der Waals surface area contributed by atoms with Crippen LogP contribution in [0.5, 0.6) is 0 Å². The van der Waals surface area contributed by atoms with Gasteiger partial charge in [0.05, 0.1) is 17.3 Å². The van der Waals surface area contributed by atoms with Crippen LogP contribution >= 0.6 is 0 Å². The minimum absolute atomic E-state index is 0.393. The number of nitrogens with zero attached hydrogens (tertiary/aromatic N) is 2. The zero-order valence-corrected chi connectivity index (χ0v) is 10.7. The smallest absolute Gasteiger partial charge is 0.261 e. The topological polar surface area (TPSA) is 73.2 Å². The van der Waals surface area contributed by atoms with E-state index in [-0.39, 0.29) is 0 Å². The van der Waals surface area contributed by atoms with Gasteiger partial charge in [0, 0.05) is 13.6 Å². The first-order chi connectivity index (χ1) is 8.01.